The lowest BCUT2D eigenvalue weighted by atomic mass is 9.64. The number of hydrogen-bond acceptors (Lipinski definition) is 4. The summed E-state index contributed by atoms with van der Waals surface area (Å²) in [4.78, 5) is 11.9. The Balaban J connectivity index is 2.38. The van der Waals surface area contributed by atoms with Gasteiger partial charge in [0.25, 0.3) is 5.72 Å². The summed E-state index contributed by atoms with van der Waals surface area (Å²) in [5.41, 5.74) is -3.25. The molecular weight excluding hydrogens is 325 g/mol. The van der Waals surface area contributed by atoms with Gasteiger partial charge in [0, 0.05) is 5.71 Å². The summed E-state index contributed by atoms with van der Waals surface area (Å²) in [7, 11) is 0. The number of aliphatic hydroxyl groups is 1. The Bertz CT molecular complexity index is 533. The van der Waals surface area contributed by atoms with E-state index in [4.69, 9.17) is 0 Å². The number of fused-ring (bicyclic) bond motifs is 1. The first-order chi connectivity index (χ1) is 11.0. The molecule has 0 aromatic carbocycles. The van der Waals surface area contributed by atoms with Gasteiger partial charge in [0.15, 0.2) is 0 Å². The molecule has 1 aliphatic carbocycles. The van der Waals surface area contributed by atoms with Crippen LogP contribution >= 0.6 is 0 Å². The molecule has 1 amide bonds. The van der Waals surface area contributed by atoms with Gasteiger partial charge in [-0.2, -0.15) is 23.3 Å². The zero-order chi connectivity index (χ0) is 18.3. The van der Waals surface area contributed by atoms with Gasteiger partial charge in [-0.05, 0) is 37.5 Å². The van der Waals surface area contributed by atoms with E-state index in [1.54, 1.807) is 0 Å². The van der Waals surface area contributed by atoms with Crippen molar-refractivity contribution in [2.24, 2.45) is 22.4 Å². The average Bonchev–Trinajstić information content (AvgIpc) is 2.81. The van der Waals surface area contributed by atoms with Gasteiger partial charge in [-0.15, -0.1) is 0 Å². The monoisotopic (exact) mass is 350 g/mol. The van der Waals surface area contributed by atoms with Crippen molar-refractivity contribution in [3.63, 3.8) is 0 Å². The van der Waals surface area contributed by atoms with Crippen molar-refractivity contribution in [1.82, 2.24) is 5.01 Å². The van der Waals surface area contributed by atoms with Gasteiger partial charge >= 0.3 is 12.3 Å². The highest BCUT2D eigenvalue weighted by molar-refractivity contribution is 5.92. The van der Waals surface area contributed by atoms with Crippen molar-refractivity contribution >= 4 is 11.8 Å². The normalized spacial score (nSPS) is 30.8. The predicted molar refractivity (Wildman–Crippen MR) is 82.2 cm³/mol. The number of hydrogen-bond donors (Lipinski definition) is 1. The fourth-order valence-electron chi connectivity index (χ4n) is 3.58. The smallest absolute Gasteiger partial charge is 0.439 e. The number of alkyl halides is 3. The van der Waals surface area contributed by atoms with Crippen LogP contribution in [0.25, 0.3) is 0 Å². The van der Waals surface area contributed by atoms with Crippen molar-refractivity contribution in [2.45, 2.75) is 65.3 Å². The molecule has 0 unspecified atom stereocenters. The maximum absolute atomic E-state index is 13.7. The van der Waals surface area contributed by atoms with Crippen LogP contribution < -0.4 is 0 Å². The molecule has 2 aliphatic rings. The first-order valence-electron chi connectivity index (χ1n) is 8.32. The Kier molecular flexibility index (Phi) is 4.92. The summed E-state index contributed by atoms with van der Waals surface area (Å²) in [6.07, 6.45) is -4.29. The molecule has 8 heteroatoms. The van der Waals surface area contributed by atoms with E-state index in [-0.39, 0.29) is 35.1 Å². The summed E-state index contributed by atoms with van der Waals surface area (Å²) in [5.74, 6) is -1.23. The minimum atomic E-state index is -5.02. The van der Waals surface area contributed by atoms with Crippen LogP contribution in [0, 0.1) is 17.3 Å². The molecule has 1 fully saturated rings. The van der Waals surface area contributed by atoms with Gasteiger partial charge in [-0.3, -0.25) is 0 Å². The number of carbonyl (C=O) groups is 1. The highest BCUT2D eigenvalue weighted by atomic mass is 19.4. The highest BCUT2D eigenvalue weighted by Crippen LogP contribution is 2.52. The molecule has 5 nitrogen and oxygen atoms in total. The third kappa shape index (κ3) is 2.89. The van der Waals surface area contributed by atoms with Crippen molar-refractivity contribution in [1.29, 1.82) is 0 Å². The minimum absolute atomic E-state index is 0.0162. The minimum Gasteiger partial charge on any atom is -0.448 e. The fraction of sp³-hybridized carbons (Fsp3) is 0.875. The van der Waals surface area contributed by atoms with Gasteiger partial charge in [0.1, 0.15) is 0 Å². The van der Waals surface area contributed by atoms with Gasteiger partial charge in [-0.25, -0.2) is 4.79 Å². The van der Waals surface area contributed by atoms with E-state index in [1.807, 2.05) is 20.8 Å². The molecule has 1 heterocycles. The average molecular weight is 350 g/mol. The van der Waals surface area contributed by atoms with E-state index in [2.05, 4.69) is 9.84 Å². The Morgan fingerprint density at radius 1 is 1.42 bits per heavy atom. The van der Waals surface area contributed by atoms with Crippen LogP contribution in [0.15, 0.2) is 5.10 Å². The summed E-state index contributed by atoms with van der Waals surface area (Å²) in [6.45, 7) is 7.43. The Morgan fingerprint density at radius 2 is 2.04 bits per heavy atom. The van der Waals surface area contributed by atoms with Crippen molar-refractivity contribution in [3.8, 4) is 0 Å². The second kappa shape index (κ2) is 6.20. The van der Waals surface area contributed by atoms with Gasteiger partial charge in [-0.1, -0.05) is 27.2 Å². The molecule has 2 rings (SSSR count). The van der Waals surface area contributed by atoms with Crippen LogP contribution in [0.4, 0.5) is 18.0 Å². The molecule has 1 saturated carbocycles. The molecule has 0 saturated heterocycles. The van der Waals surface area contributed by atoms with E-state index >= 15 is 0 Å². The molecule has 1 N–H and O–H groups in total. The Labute approximate surface area is 139 Å². The molecule has 3 atom stereocenters. The van der Waals surface area contributed by atoms with Crippen LogP contribution in [0.5, 0.6) is 0 Å². The number of amides is 1. The number of halogens is 3. The third-order valence-corrected chi connectivity index (χ3v) is 5.58. The van der Waals surface area contributed by atoms with Crippen LogP contribution in [-0.4, -0.2) is 40.4 Å². The highest BCUT2D eigenvalue weighted by Gasteiger charge is 2.69. The number of hydrazone groups is 1. The van der Waals surface area contributed by atoms with E-state index in [1.165, 1.54) is 6.92 Å². The quantitative estimate of drug-likeness (QED) is 0.839. The summed E-state index contributed by atoms with van der Waals surface area (Å²) < 4.78 is 45.8. The van der Waals surface area contributed by atoms with Gasteiger partial charge in [0.05, 0.1) is 12.5 Å². The molecule has 0 bridgehead atoms. The predicted octanol–water partition coefficient (Wildman–Crippen LogP) is 3.92. The van der Waals surface area contributed by atoms with E-state index in [0.717, 1.165) is 6.42 Å². The Hall–Kier alpha value is -1.31. The topological polar surface area (TPSA) is 62.1 Å². The molecule has 24 heavy (non-hydrogen) atoms. The summed E-state index contributed by atoms with van der Waals surface area (Å²) in [6, 6.07) is 0. The summed E-state index contributed by atoms with van der Waals surface area (Å²) >= 11 is 0. The second-order valence-electron chi connectivity index (χ2n) is 7.19. The second-order valence-corrected chi connectivity index (χ2v) is 7.19. The van der Waals surface area contributed by atoms with Crippen molar-refractivity contribution < 1.29 is 27.8 Å². The molecule has 138 valence electrons. The Morgan fingerprint density at radius 3 is 2.54 bits per heavy atom. The lowest BCUT2D eigenvalue weighted by molar-refractivity contribution is -0.316. The van der Waals surface area contributed by atoms with Crippen LogP contribution in [0.1, 0.15) is 53.4 Å². The number of nitrogens with zero attached hydrogens (tertiary/aromatic N) is 2. The summed E-state index contributed by atoms with van der Waals surface area (Å²) in [5, 5.41) is 14.4. The number of carbonyl (C=O) groups excluding carboxylic acids is 1. The van der Waals surface area contributed by atoms with E-state index < -0.39 is 23.9 Å². The molecule has 0 radical (unpaired) electrons. The molecule has 1 aliphatic heterocycles. The van der Waals surface area contributed by atoms with Crippen LogP contribution in [0.3, 0.4) is 0 Å². The van der Waals surface area contributed by atoms with Crippen LogP contribution in [-0.2, 0) is 4.74 Å². The van der Waals surface area contributed by atoms with Crippen LogP contribution in [0.2, 0.25) is 0 Å². The number of rotatable bonds is 3. The van der Waals surface area contributed by atoms with Gasteiger partial charge < -0.3 is 9.84 Å². The first-order valence-corrected chi connectivity index (χ1v) is 8.32. The zero-order valence-corrected chi connectivity index (χ0v) is 14.5. The lowest BCUT2D eigenvalue weighted by Crippen LogP contribution is -2.62. The molecule has 0 aromatic heterocycles. The maximum Gasteiger partial charge on any atom is 0.439 e. The lowest BCUT2D eigenvalue weighted by Gasteiger charge is -2.43. The molecule has 0 spiro atoms. The fourth-order valence-corrected chi connectivity index (χ4v) is 3.58. The maximum atomic E-state index is 13.7. The largest absolute Gasteiger partial charge is 0.448 e. The molecular formula is C16H25F3N2O3. The standard InChI is InChI=1S/C16H25F3N2O3/c1-5-14(3,4)10-7-8-12-11(9-10)15(23,16(17,18)19)21(20-12)13(22)24-6-2/h10-11,23H,5-9H2,1-4H3/t10-,11-,15+/m0/s1. The van der Waals surface area contributed by atoms with E-state index in [0.29, 0.717) is 12.8 Å². The van der Waals surface area contributed by atoms with Crippen molar-refractivity contribution in [3.05, 3.63) is 0 Å². The number of ether oxygens (including phenoxy) is 1. The van der Waals surface area contributed by atoms with Gasteiger partial charge in [0.2, 0.25) is 0 Å². The first kappa shape index (κ1) is 19.0. The SMILES string of the molecule is CCOC(=O)N1N=C2CC[C@H](C(C)(C)CC)C[C@@H]2[C@@]1(O)C(F)(F)F. The third-order valence-electron chi connectivity index (χ3n) is 5.58. The van der Waals surface area contributed by atoms with Crippen molar-refractivity contribution in [2.75, 3.05) is 6.61 Å². The molecule has 0 aromatic rings. The van der Waals surface area contributed by atoms with E-state index in [9.17, 15) is 23.1 Å². The zero-order valence-electron chi connectivity index (χ0n) is 14.5.